The number of alkyl carbamates (subject to hydrolysis) is 1. The van der Waals surface area contributed by atoms with Gasteiger partial charge in [0.25, 0.3) is 0 Å². The highest BCUT2D eigenvalue weighted by molar-refractivity contribution is 5.91. The third-order valence-corrected chi connectivity index (χ3v) is 6.24. The summed E-state index contributed by atoms with van der Waals surface area (Å²) in [6, 6.07) is -2.04. The molecule has 8 heteroatoms. The van der Waals surface area contributed by atoms with Crippen LogP contribution >= 0.6 is 0 Å². The zero-order chi connectivity index (χ0) is 28.8. The number of unbranched alkanes of at least 4 members (excludes halogenated alkanes) is 5. The lowest BCUT2D eigenvalue weighted by molar-refractivity contribution is -0.132. The molecule has 0 spiro atoms. The molecule has 218 valence electrons. The Morgan fingerprint density at radius 3 is 1.73 bits per heavy atom. The highest BCUT2D eigenvalue weighted by Crippen LogP contribution is 2.16. The van der Waals surface area contributed by atoms with Gasteiger partial charge in [0.05, 0.1) is 12.1 Å². The Morgan fingerprint density at radius 2 is 1.24 bits per heavy atom. The zero-order valence-electron chi connectivity index (χ0n) is 25.3. The topological polar surface area (TPSA) is 117 Å². The van der Waals surface area contributed by atoms with Crippen molar-refractivity contribution in [3.05, 3.63) is 0 Å². The molecule has 37 heavy (non-hydrogen) atoms. The van der Waals surface area contributed by atoms with E-state index in [-0.39, 0.29) is 23.8 Å². The largest absolute Gasteiger partial charge is 0.444 e. The number of carbonyl (C=O) groups is 3. The van der Waals surface area contributed by atoms with Gasteiger partial charge in [-0.15, -0.1) is 0 Å². The van der Waals surface area contributed by atoms with Crippen LogP contribution in [0, 0.1) is 17.8 Å². The highest BCUT2D eigenvalue weighted by Gasteiger charge is 2.33. The van der Waals surface area contributed by atoms with E-state index in [4.69, 9.17) is 4.74 Å². The fraction of sp³-hybridized carbons (Fsp3) is 0.897. The minimum absolute atomic E-state index is 0.186. The molecule has 0 rings (SSSR count). The molecule has 0 radical (unpaired) electrons. The third kappa shape index (κ3) is 15.9. The van der Waals surface area contributed by atoms with Crippen LogP contribution in [-0.2, 0) is 14.3 Å². The second-order valence-corrected chi connectivity index (χ2v) is 12.5. The quantitative estimate of drug-likeness (QED) is 0.191. The van der Waals surface area contributed by atoms with E-state index in [0.717, 1.165) is 19.3 Å². The Labute approximate surface area is 226 Å². The Kier molecular flexibility index (Phi) is 16.8. The number of aliphatic hydroxyl groups is 1. The van der Waals surface area contributed by atoms with Gasteiger partial charge in [0.15, 0.2) is 0 Å². The van der Waals surface area contributed by atoms with Crippen LogP contribution in [-0.4, -0.2) is 52.8 Å². The molecule has 0 aromatic heterocycles. The smallest absolute Gasteiger partial charge is 0.408 e. The van der Waals surface area contributed by atoms with E-state index < -0.39 is 35.8 Å². The van der Waals surface area contributed by atoms with E-state index in [1.54, 1.807) is 20.8 Å². The highest BCUT2D eigenvalue weighted by atomic mass is 16.6. The summed E-state index contributed by atoms with van der Waals surface area (Å²) < 4.78 is 5.31. The lowest BCUT2D eigenvalue weighted by atomic mass is 9.94. The number of aliphatic hydroxyl groups excluding tert-OH is 1. The molecule has 4 atom stereocenters. The molecular weight excluding hydrogens is 470 g/mol. The van der Waals surface area contributed by atoms with Gasteiger partial charge in [-0.25, -0.2) is 4.79 Å². The average molecular weight is 528 g/mol. The predicted octanol–water partition coefficient (Wildman–Crippen LogP) is 5.32. The van der Waals surface area contributed by atoms with E-state index in [1.165, 1.54) is 19.3 Å². The molecule has 0 fully saturated rings. The molecule has 3 amide bonds. The van der Waals surface area contributed by atoms with Crippen LogP contribution in [0.25, 0.3) is 0 Å². The van der Waals surface area contributed by atoms with Crippen LogP contribution in [0.3, 0.4) is 0 Å². The molecule has 0 heterocycles. The van der Waals surface area contributed by atoms with Gasteiger partial charge in [0.1, 0.15) is 17.7 Å². The Balaban J connectivity index is 5.29. The lowest BCUT2D eigenvalue weighted by Gasteiger charge is -2.31. The fourth-order valence-electron chi connectivity index (χ4n) is 4.18. The standard InChI is InChI=1S/C29H57N3O5/c1-11-12-13-14-15-16-17-23(33)22(18-19(2)3)30-26(34)24(20(4)5)31-27(35)25(21(6)7)32-28(36)37-29(8,9)10/h19-25,33H,11-18H2,1-10H3,(H,30,34)(H,31,35)(H,32,36)/t22-,23-,24-,25-/m0/s1. The van der Waals surface area contributed by atoms with Crippen LogP contribution in [0.5, 0.6) is 0 Å². The van der Waals surface area contributed by atoms with E-state index >= 15 is 0 Å². The van der Waals surface area contributed by atoms with Gasteiger partial charge in [-0.1, -0.05) is 87.0 Å². The Morgan fingerprint density at radius 1 is 0.757 bits per heavy atom. The molecule has 0 aliphatic rings. The number of hydrogen-bond donors (Lipinski definition) is 4. The summed E-state index contributed by atoms with van der Waals surface area (Å²) in [6.45, 7) is 18.9. The molecule has 0 unspecified atom stereocenters. The molecule has 0 bridgehead atoms. The van der Waals surface area contributed by atoms with Crippen LogP contribution < -0.4 is 16.0 Å². The van der Waals surface area contributed by atoms with Gasteiger partial charge in [-0.2, -0.15) is 0 Å². The number of amides is 3. The second kappa shape index (κ2) is 17.6. The van der Waals surface area contributed by atoms with E-state index in [9.17, 15) is 19.5 Å². The molecule has 0 aromatic rings. The molecule has 0 saturated heterocycles. The van der Waals surface area contributed by atoms with Gasteiger partial charge >= 0.3 is 6.09 Å². The molecule has 0 aliphatic heterocycles. The van der Waals surface area contributed by atoms with Crippen molar-refractivity contribution in [2.24, 2.45) is 17.8 Å². The molecule has 0 saturated carbocycles. The SMILES string of the molecule is CCCCCCCC[C@H](O)[C@H](CC(C)C)NC(=O)[C@@H](NC(=O)[C@@H](NC(=O)OC(C)(C)C)C(C)C)C(C)C. The van der Waals surface area contributed by atoms with Crippen molar-refractivity contribution in [3.8, 4) is 0 Å². The number of rotatable bonds is 17. The van der Waals surface area contributed by atoms with Crippen molar-refractivity contribution in [1.82, 2.24) is 16.0 Å². The summed E-state index contributed by atoms with van der Waals surface area (Å²) in [5.41, 5.74) is -0.690. The summed E-state index contributed by atoms with van der Waals surface area (Å²) in [4.78, 5) is 38.8. The summed E-state index contributed by atoms with van der Waals surface area (Å²) in [6.07, 6.45) is 6.78. The monoisotopic (exact) mass is 527 g/mol. The number of ether oxygens (including phenoxy) is 1. The van der Waals surface area contributed by atoms with Crippen molar-refractivity contribution in [2.75, 3.05) is 0 Å². The first-order valence-electron chi connectivity index (χ1n) is 14.4. The number of nitrogens with one attached hydrogen (secondary N) is 3. The van der Waals surface area contributed by atoms with E-state index in [0.29, 0.717) is 18.8 Å². The molecule has 8 nitrogen and oxygen atoms in total. The maximum Gasteiger partial charge on any atom is 0.408 e. The normalized spacial score (nSPS) is 15.3. The summed E-state index contributed by atoms with van der Waals surface area (Å²) in [5.74, 6) is -0.872. The molecule has 0 aliphatic carbocycles. The number of hydrogen-bond acceptors (Lipinski definition) is 5. The summed E-state index contributed by atoms with van der Waals surface area (Å²) >= 11 is 0. The molecule has 0 aromatic carbocycles. The van der Waals surface area contributed by atoms with Crippen molar-refractivity contribution in [2.45, 2.75) is 150 Å². The second-order valence-electron chi connectivity index (χ2n) is 12.5. The van der Waals surface area contributed by atoms with Crippen molar-refractivity contribution < 1.29 is 24.2 Å². The minimum atomic E-state index is -0.853. The first-order chi connectivity index (χ1) is 17.1. The zero-order valence-corrected chi connectivity index (χ0v) is 25.3. The van der Waals surface area contributed by atoms with Gasteiger partial charge in [0.2, 0.25) is 11.8 Å². The van der Waals surface area contributed by atoms with Crippen LogP contribution in [0.15, 0.2) is 0 Å². The van der Waals surface area contributed by atoms with Gasteiger partial charge in [0, 0.05) is 0 Å². The van der Waals surface area contributed by atoms with E-state index in [1.807, 2.05) is 27.7 Å². The maximum absolute atomic E-state index is 13.3. The first kappa shape index (κ1) is 35.2. The first-order valence-corrected chi connectivity index (χ1v) is 14.4. The summed E-state index contributed by atoms with van der Waals surface area (Å²) in [5, 5.41) is 19.4. The average Bonchev–Trinajstić information content (AvgIpc) is 2.75. The van der Waals surface area contributed by atoms with Crippen LogP contribution in [0.2, 0.25) is 0 Å². The van der Waals surface area contributed by atoms with E-state index in [2.05, 4.69) is 36.7 Å². The lowest BCUT2D eigenvalue weighted by Crippen LogP contribution is -2.59. The number of carbonyl (C=O) groups excluding carboxylic acids is 3. The van der Waals surface area contributed by atoms with Crippen LogP contribution in [0.1, 0.15) is 121 Å². The van der Waals surface area contributed by atoms with Gasteiger partial charge in [-0.05, 0) is 51.4 Å². The molecule has 4 N–H and O–H groups in total. The Hall–Kier alpha value is -1.83. The van der Waals surface area contributed by atoms with Crippen LogP contribution in [0.4, 0.5) is 4.79 Å². The van der Waals surface area contributed by atoms with Crippen molar-refractivity contribution in [1.29, 1.82) is 0 Å². The maximum atomic E-state index is 13.3. The third-order valence-electron chi connectivity index (χ3n) is 6.24. The minimum Gasteiger partial charge on any atom is -0.444 e. The predicted molar refractivity (Wildman–Crippen MR) is 150 cm³/mol. The molecular formula is C29H57N3O5. The van der Waals surface area contributed by atoms with Crippen molar-refractivity contribution >= 4 is 17.9 Å². The fourth-order valence-corrected chi connectivity index (χ4v) is 4.18. The van der Waals surface area contributed by atoms with Gasteiger partial charge < -0.3 is 25.8 Å². The summed E-state index contributed by atoms with van der Waals surface area (Å²) in [7, 11) is 0. The Bertz CT molecular complexity index is 673. The van der Waals surface area contributed by atoms with Gasteiger partial charge in [-0.3, -0.25) is 9.59 Å². The van der Waals surface area contributed by atoms with Crippen molar-refractivity contribution in [3.63, 3.8) is 0 Å².